The number of sulfonamides is 1. The Morgan fingerprint density at radius 2 is 1.81 bits per heavy atom. The highest BCUT2D eigenvalue weighted by Crippen LogP contribution is 2.09. The predicted octanol–water partition coefficient (Wildman–Crippen LogP) is 1.38. The second-order valence-electron chi connectivity index (χ2n) is 3.28. The quantitative estimate of drug-likeness (QED) is 0.810. The van der Waals surface area contributed by atoms with E-state index in [0.717, 1.165) is 11.6 Å². The number of allylic oxidation sites excluding steroid dienone is 1. The van der Waals surface area contributed by atoms with Gasteiger partial charge in [-0.2, -0.15) is 0 Å². The molecule has 0 heterocycles. The SMILES string of the molecule is C/C=C/C(=O)NS(=O)(=O)c1ccc(C)cc1. The highest BCUT2D eigenvalue weighted by Gasteiger charge is 2.15. The molecule has 0 aliphatic rings. The molecule has 1 N–H and O–H groups in total. The molecule has 0 radical (unpaired) electrons. The Morgan fingerprint density at radius 1 is 1.25 bits per heavy atom. The maximum Gasteiger partial charge on any atom is 0.264 e. The summed E-state index contributed by atoms with van der Waals surface area (Å²) in [6.07, 6.45) is 2.63. The highest BCUT2D eigenvalue weighted by molar-refractivity contribution is 7.90. The first-order valence-corrected chi connectivity index (χ1v) is 6.20. The van der Waals surface area contributed by atoms with E-state index in [-0.39, 0.29) is 4.90 Å². The molecule has 86 valence electrons. The van der Waals surface area contributed by atoms with Crippen LogP contribution in [0.5, 0.6) is 0 Å². The Balaban J connectivity index is 2.94. The van der Waals surface area contributed by atoms with Crippen LogP contribution in [-0.2, 0) is 14.8 Å². The van der Waals surface area contributed by atoms with Crippen molar-refractivity contribution in [2.24, 2.45) is 0 Å². The molecule has 0 unspecified atom stereocenters. The van der Waals surface area contributed by atoms with Crippen LogP contribution in [0.1, 0.15) is 12.5 Å². The van der Waals surface area contributed by atoms with Crippen LogP contribution in [0, 0.1) is 6.92 Å². The Kier molecular flexibility index (Phi) is 3.84. The molecule has 1 aromatic rings. The van der Waals surface area contributed by atoms with Crippen LogP contribution in [0.4, 0.5) is 0 Å². The molecule has 0 saturated heterocycles. The number of rotatable bonds is 3. The van der Waals surface area contributed by atoms with Gasteiger partial charge in [0.1, 0.15) is 0 Å². The van der Waals surface area contributed by atoms with Crippen molar-refractivity contribution in [2.45, 2.75) is 18.7 Å². The minimum Gasteiger partial charge on any atom is -0.269 e. The molecule has 4 nitrogen and oxygen atoms in total. The molecule has 0 spiro atoms. The van der Waals surface area contributed by atoms with E-state index in [9.17, 15) is 13.2 Å². The summed E-state index contributed by atoms with van der Waals surface area (Å²) in [6, 6.07) is 6.27. The summed E-state index contributed by atoms with van der Waals surface area (Å²) in [5.41, 5.74) is 0.957. The standard InChI is InChI=1S/C11H13NO3S/c1-3-4-11(13)12-16(14,15)10-7-5-9(2)6-8-10/h3-8H,1-2H3,(H,12,13)/b4-3+. The molecule has 1 aromatic carbocycles. The van der Waals surface area contributed by atoms with E-state index in [0.29, 0.717) is 0 Å². The lowest BCUT2D eigenvalue weighted by molar-refractivity contribution is -0.114. The summed E-state index contributed by atoms with van der Waals surface area (Å²) >= 11 is 0. The van der Waals surface area contributed by atoms with Gasteiger partial charge in [0.2, 0.25) is 0 Å². The first kappa shape index (κ1) is 12.4. The van der Waals surface area contributed by atoms with Gasteiger partial charge in [-0.05, 0) is 32.1 Å². The maximum atomic E-state index is 11.7. The minimum atomic E-state index is -3.75. The zero-order chi connectivity index (χ0) is 12.2. The Labute approximate surface area is 95.0 Å². The number of nitrogens with one attached hydrogen (secondary N) is 1. The van der Waals surface area contributed by atoms with Crippen molar-refractivity contribution < 1.29 is 13.2 Å². The van der Waals surface area contributed by atoms with Gasteiger partial charge in [-0.3, -0.25) is 4.79 Å². The van der Waals surface area contributed by atoms with Crippen LogP contribution >= 0.6 is 0 Å². The largest absolute Gasteiger partial charge is 0.269 e. The van der Waals surface area contributed by atoms with E-state index in [2.05, 4.69) is 0 Å². The molecule has 0 saturated carbocycles. The number of carbonyl (C=O) groups is 1. The lowest BCUT2D eigenvalue weighted by atomic mass is 10.2. The van der Waals surface area contributed by atoms with Gasteiger partial charge in [0.25, 0.3) is 15.9 Å². The monoisotopic (exact) mass is 239 g/mol. The average molecular weight is 239 g/mol. The molecule has 0 fully saturated rings. The van der Waals surface area contributed by atoms with E-state index in [1.165, 1.54) is 18.2 Å². The summed E-state index contributed by atoms with van der Waals surface area (Å²) in [6.45, 7) is 3.49. The minimum absolute atomic E-state index is 0.0796. The van der Waals surface area contributed by atoms with Crippen molar-refractivity contribution in [2.75, 3.05) is 0 Å². The van der Waals surface area contributed by atoms with Crippen molar-refractivity contribution in [1.82, 2.24) is 4.72 Å². The molecule has 16 heavy (non-hydrogen) atoms. The van der Waals surface area contributed by atoms with Crippen molar-refractivity contribution in [1.29, 1.82) is 0 Å². The van der Waals surface area contributed by atoms with Crippen molar-refractivity contribution >= 4 is 15.9 Å². The Morgan fingerprint density at radius 3 is 2.31 bits per heavy atom. The summed E-state index contributed by atoms with van der Waals surface area (Å²) in [7, 11) is -3.75. The Hall–Kier alpha value is -1.62. The van der Waals surface area contributed by atoms with Gasteiger partial charge >= 0.3 is 0 Å². The second kappa shape index (κ2) is 4.94. The predicted molar refractivity (Wildman–Crippen MR) is 61.3 cm³/mol. The first-order chi connectivity index (χ1) is 7.45. The van der Waals surface area contributed by atoms with Gasteiger partial charge in [0.05, 0.1) is 4.90 Å². The number of benzene rings is 1. The Bertz CT molecular complexity index is 501. The highest BCUT2D eigenvalue weighted by atomic mass is 32.2. The normalized spacial score (nSPS) is 11.6. The number of hydrogen-bond donors (Lipinski definition) is 1. The van der Waals surface area contributed by atoms with Gasteiger partial charge in [-0.25, -0.2) is 13.1 Å². The van der Waals surface area contributed by atoms with Crippen molar-refractivity contribution in [3.05, 3.63) is 42.0 Å². The molecule has 0 aromatic heterocycles. The van der Waals surface area contributed by atoms with E-state index < -0.39 is 15.9 Å². The van der Waals surface area contributed by atoms with E-state index in [1.54, 1.807) is 19.1 Å². The lowest BCUT2D eigenvalue weighted by Crippen LogP contribution is -2.28. The fourth-order valence-electron chi connectivity index (χ4n) is 1.09. The van der Waals surface area contributed by atoms with Crippen LogP contribution in [0.2, 0.25) is 0 Å². The van der Waals surface area contributed by atoms with Gasteiger partial charge in [-0.1, -0.05) is 23.8 Å². The molecule has 0 aliphatic heterocycles. The van der Waals surface area contributed by atoms with Gasteiger partial charge in [0, 0.05) is 0 Å². The van der Waals surface area contributed by atoms with Gasteiger partial charge in [0.15, 0.2) is 0 Å². The number of carbonyl (C=O) groups excluding carboxylic acids is 1. The van der Waals surface area contributed by atoms with Gasteiger partial charge < -0.3 is 0 Å². The first-order valence-electron chi connectivity index (χ1n) is 4.72. The molecule has 0 atom stereocenters. The molecule has 0 bridgehead atoms. The fraction of sp³-hybridized carbons (Fsp3) is 0.182. The van der Waals surface area contributed by atoms with Crippen LogP contribution < -0.4 is 4.72 Å². The topological polar surface area (TPSA) is 63.2 Å². The van der Waals surface area contributed by atoms with E-state index >= 15 is 0 Å². The van der Waals surface area contributed by atoms with Crippen molar-refractivity contribution in [3.8, 4) is 0 Å². The maximum absolute atomic E-state index is 11.7. The summed E-state index contributed by atoms with van der Waals surface area (Å²) in [5, 5.41) is 0. The third-order valence-corrected chi connectivity index (χ3v) is 3.25. The van der Waals surface area contributed by atoms with E-state index in [4.69, 9.17) is 0 Å². The number of amides is 1. The van der Waals surface area contributed by atoms with Gasteiger partial charge in [-0.15, -0.1) is 0 Å². The third-order valence-electron chi connectivity index (χ3n) is 1.88. The zero-order valence-corrected chi connectivity index (χ0v) is 9.91. The molecule has 0 aliphatic carbocycles. The van der Waals surface area contributed by atoms with Crippen molar-refractivity contribution in [3.63, 3.8) is 0 Å². The van der Waals surface area contributed by atoms with Crippen LogP contribution in [0.25, 0.3) is 0 Å². The second-order valence-corrected chi connectivity index (χ2v) is 4.97. The van der Waals surface area contributed by atoms with Crippen LogP contribution in [0.3, 0.4) is 0 Å². The van der Waals surface area contributed by atoms with Crippen LogP contribution in [-0.4, -0.2) is 14.3 Å². The smallest absolute Gasteiger partial charge is 0.264 e. The van der Waals surface area contributed by atoms with Crippen LogP contribution in [0.15, 0.2) is 41.3 Å². The van der Waals surface area contributed by atoms with E-state index in [1.807, 2.05) is 11.6 Å². The number of aryl methyl sites for hydroxylation is 1. The summed E-state index contributed by atoms with van der Waals surface area (Å²) < 4.78 is 25.3. The molecular weight excluding hydrogens is 226 g/mol. The molecule has 1 rings (SSSR count). The number of hydrogen-bond acceptors (Lipinski definition) is 3. The molecular formula is C11H13NO3S. The average Bonchev–Trinajstić information content (AvgIpc) is 2.17. The third kappa shape index (κ3) is 3.20. The molecule has 1 amide bonds. The summed E-state index contributed by atoms with van der Waals surface area (Å²) in [5.74, 6) is -0.650. The fourth-order valence-corrected chi connectivity index (χ4v) is 2.04. The lowest BCUT2D eigenvalue weighted by Gasteiger charge is -2.04. The zero-order valence-electron chi connectivity index (χ0n) is 9.10. The molecule has 5 heteroatoms. The summed E-state index contributed by atoms with van der Waals surface area (Å²) in [4.78, 5) is 11.2.